The lowest BCUT2D eigenvalue weighted by molar-refractivity contribution is -0.152. The van der Waals surface area contributed by atoms with Crippen molar-refractivity contribution in [1.29, 1.82) is 0 Å². The van der Waals surface area contributed by atoms with Crippen LogP contribution in [0, 0.1) is 5.41 Å². The van der Waals surface area contributed by atoms with Gasteiger partial charge in [0.05, 0.1) is 16.6 Å². The van der Waals surface area contributed by atoms with Gasteiger partial charge in [0.2, 0.25) is 11.8 Å². The molecular weight excluding hydrogens is 296 g/mol. The Labute approximate surface area is 128 Å². The van der Waals surface area contributed by atoms with Crippen LogP contribution in [0.25, 0.3) is 0 Å². The van der Waals surface area contributed by atoms with Gasteiger partial charge in [-0.2, -0.15) is 0 Å². The largest absolute Gasteiger partial charge is 0.283 e. The highest BCUT2D eigenvalue weighted by Gasteiger charge is 2.36. The Balaban J connectivity index is 1.84. The number of carbonyl (C=O) groups excluding carboxylic acids is 2. The third-order valence-electron chi connectivity index (χ3n) is 3.37. The molecule has 2 amide bonds. The van der Waals surface area contributed by atoms with E-state index in [1.807, 2.05) is 19.2 Å². The van der Waals surface area contributed by atoms with E-state index in [0.29, 0.717) is 25.3 Å². The highest BCUT2D eigenvalue weighted by Crippen LogP contribution is 2.31. The van der Waals surface area contributed by atoms with Crippen molar-refractivity contribution in [3.05, 3.63) is 16.1 Å². The van der Waals surface area contributed by atoms with Gasteiger partial charge in [-0.25, -0.2) is 4.98 Å². The first kappa shape index (κ1) is 15.4. The maximum atomic E-state index is 12.0. The highest BCUT2D eigenvalue weighted by molar-refractivity contribution is 7.09. The fourth-order valence-electron chi connectivity index (χ4n) is 2.37. The number of carbonyl (C=O) groups is 2. The smallest absolute Gasteiger partial charge is 0.229 e. The van der Waals surface area contributed by atoms with Gasteiger partial charge in [-0.05, 0) is 11.8 Å². The van der Waals surface area contributed by atoms with Gasteiger partial charge in [-0.1, -0.05) is 13.8 Å². The first-order valence-electron chi connectivity index (χ1n) is 6.74. The molecule has 2 heterocycles. The molecule has 1 aromatic rings. The molecule has 0 radical (unpaired) electrons. The lowest BCUT2D eigenvalue weighted by Gasteiger charge is -2.34. The fourth-order valence-corrected chi connectivity index (χ4v) is 3.44. The number of amides is 2. The minimum atomic E-state index is -0.199. The summed E-state index contributed by atoms with van der Waals surface area (Å²) in [7, 11) is 0. The standard InChI is InChI=1S/C14H19ClN2O2S/c1-14(2)6-12(18)17(13(19)7-14)5-3-4-11-16-10(8-15)9-20-11/h9H,3-8H2,1-2H3. The first-order chi connectivity index (χ1) is 9.41. The van der Waals surface area contributed by atoms with Crippen molar-refractivity contribution in [3.63, 3.8) is 0 Å². The molecule has 0 spiro atoms. The van der Waals surface area contributed by atoms with Crippen LogP contribution in [0.1, 0.15) is 43.8 Å². The Bertz CT molecular complexity index is 493. The number of hydrogen-bond donors (Lipinski definition) is 0. The van der Waals surface area contributed by atoms with Crippen LogP contribution in [-0.4, -0.2) is 28.2 Å². The summed E-state index contributed by atoms with van der Waals surface area (Å²) in [5.74, 6) is 0.327. The molecule has 6 heteroatoms. The van der Waals surface area contributed by atoms with Crippen LogP contribution in [0.15, 0.2) is 5.38 Å². The predicted octanol–water partition coefficient (Wildman–Crippen LogP) is 2.99. The number of aromatic nitrogens is 1. The lowest BCUT2D eigenvalue weighted by atomic mass is 9.82. The molecule has 1 aromatic heterocycles. The summed E-state index contributed by atoms with van der Waals surface area (Å²) >= 11 is 7.29. The molecule has 0 bridgehead atoms. The van der Waals surface area contributed by atoms with Crippen LogP contribution >= 0.6 is 22.9 Å². The number of rotatable bonds is 5. The van der Waals surface area contributed by atoms with Crippen LogP contribution in [0.5, 0.6) is 0 Å². The van der Waals surface area contributed by atoms with Crippen LogP contribution in [0.2, 0.25) is 0 Å². The molecule has 0 aliphatic carbocycles. The molecule has 2 rings (SSSR count). The van der Waals surface area contributed by atoms with Gasteiger partial charge in [0, 0.05) is 31.2 Å². The van der Waals surface area contributed by atoms with Gasteiger partial charge in [0.25, 0.3) is 0 Å². The number of likely N-dealkylation sites (tertiary alicyclic amines) is 1. The Hall–Kier alpha value is -0.940. The van der Waals surface area contributed by atoms with Crippen LogP contribution < -0.4 is 0 Å². The molecule has 1 fully saturated rings. The average molecular weight is 315 g/mol. The molecule has 0 N–H and O–H groups in total. The van der Waals surface area contributed by atoms with E-state index in [2.05, 4.69) is 4.98 Å². The van der Waals surface area contributed by atoms with Crippen LogP contribution in [0.4, 0.5) is 0 Å². The van der Waals surface area contributed by atoms with Crippen molar-refractivity contribution in [2.75, 3.05) is 6.54 Å². The summed E-state index contributed by atoms with van der Waals surface area (Å²) in [6.07, 6.45) is 2.44. The van der Waals surface area contributed by atoms with E-state index in [4.69, 9.17) is 11.6 Å². The minimum Gasteiger partial charge on any atom is -0.283 e. The topological polar surface area (TPSA) is 50.3 Å². The SMILES string of the molecule is CC1(C)CC(=O)N(CCCc2nc(CCl)cs2)C(=O)C1. The summed E-state index contributed by atoms with van der Waals surface area (Å²) in [6, 6.07) is 0. The van der Waals surface area contributed by atoms with E-state index in [-0.39, 0.29) is 17.2 Å². The number of imide groups is 1. The van der Waals surface area contributed by atoms with Gasteiger partial charge in [-0.3, -0.25) is 14.5 Å². The summed E-state index contributed by atoms with van der Waals surface area (Å²) < 4.78 is 0. The third kappa shape index (κ3) is 3.79. The second kappa shape index (κ2) is 6.22. The summed E-state index contributed by atoms with van der Waals surface area (Å²) in [5, 5.41) is 2.96. The Morgan fingerprint density at radius 2 is 2.00 bits per heavy atom. The number of aryl methyl sites for hydroxylation is 1. The van der Waals surface area contributed by atoms with E-state index in [0.717, 1.165) is 23.5 Å². The summed E-state index contributed by atoms with van der Waals surface area (Å²) in [6.45, 7) is 4.41. The normalized spacial score (nSPS) is 18.6. The van der Waals surface area contributed by atoms with Crippen molar-refractivity contribution < 1.29 is 9.59 Å². The molecule has 110 valence electrons. The second-order valence-corrected chi connectivity index (χ2v) is 7.14. The van der Waals surface area contributed by atoms with Crippen molar-refractivity contribution in [2.24, 2.45) is 5.41 Å². The maximum Gasteiger partial charge on any atom is 0.229 e. The number of alkyl halides is 1. The molecule has 4 nitrogen and oxygen atoms in total. The fraction of sp³-hybridized carbons (Fsp3) is 0.643. The maximum absolute atomic E-state index is 12.0. The number of piperidine rings is 1. The molecule has 0 aromatic carbocycles. The zero-order chi connectivity index (χ0) is 14.8. The molecule has 0 unspecified atom stereocenters. The lowest BCUT2D eigenvalue weighted by Crippen LogP contribution is -2.46. The van der Waals surface area contributed by atoms with E-state index >= 15 is 0 Å². The molecule has 0 atom stereocenters. The van der Waals surface area contributed by atoms with Gasteiger partial charge < -0.3 is 0 Å². The Kier molecular flexibility index (Phi) is 4.81. The number of halogens is 1. The Morgan fingerprint density at radius 1 is 1.35 bits per heavy atom. The van der Waals surface area contributed by atoms with E-state index in [1.54, 1.807) is 11.3 Å². The Morgan fingerprint density at radius 3 is 2.55 bits per heavy atom. The van der Waals surface area contributed by atoms with Crippen molar-refractivity contribution in [3.8, 4) is 0 Å². The van der Waals surface area contributed by atoms with Crippen molar-refractivity contribution in [2.45, 2.75) is 45.4 Å². The van der Waals surface area contributed by atoms with Gasteiger partial charge in [-0.15, -0.1) is 22.9 Å². The molecular formula is C14H19ClN2O2S. The van der Waals surface area contributed by atoms with E-state index in [9.17, 15) is 9.59 Å². The van der Waals surface area contributed by atoms with Gasteiger partial charge in [0.1, 0.15) is 0 Å². The van der Waals surface area contributed by atoms with Gasteiger partial charge >= 0.3 is 0 Å². The second-order valence-electron chi connectivity index (χ2n) is 5.93. The van der Waals surface area contributed by atoms with Crippen molar-refractivity contribution in [1.82, 2.24) is 9.88 Å². The molecule has 1 saturated heterocycles. The van der Waals surface area contributed by atoms with E-state index < -0.39 is 0 Å². The van der Waals surface area contributed by atoms with Crippen LogP contribution in [0.3, 0.4) is 0 Å². The minimum absolute atomic E-state index is 0.0492. The molecule has 0 saturated carbocycles. The van der Waals surface area contributed by atoms with Crippen LogP contribution in [-0.2, 0) is 21.9 Å². The third-order valence-corrected chi connectivity index (χ3v) is 4.60. The number of thiazole rings is 1. The summed E-state index contributed by atoms with van der Waals surface area (Å²) in [5.41, 5.74) is 0.688. The zero-order valence-corrected chi connectivity index (χ0v) is 13.4. The molecule has 20 heavy (non-hydrogen) atoms. The number of hydrogen-bond acceptors (Lipinski definition) is 4. The van der Waals surface area contributed by atoms with E-state index in [1.165, 1.54) is 4.90 Å². The highest BCUT2D eigenvalue weighted by atomic mass is 35.5. The average Bonchev–Trinajstić information content (AvgIpc) is 2.79. The van der Waals surface area contributed by atoms with Gasteiger partial charge in [0.15, 0.2) is 0 Å². The zero-order valence-electron chi connectivity index (χ0n) is 11.8. The quantitative estimate of drug-likeness (QED) is 0.620. The van der Waals surface area contributed by atoms with Crippen molar-refractivity contribution >= 4 is 34.8 Å². The summed E-state index contributed by atoms with van der Waals surface area (Å²) in [4.78, 5) is 29.8. The molecule has 1 aliphatic heterocycles. The number of nitrogens with zero attached hydrogens (tertiary/aromatic N) is 2. The monoisotopic (exact) mass is 314 g/mol. The molecule has 1 aliphatic rings. The predicted molar refractivity (Wildman–Crippen MR) is 79.7 cm³/mol. The first-order valence-corrected chi connectivity index (χ1v) is 8.15.